The van der Waals surface area contributed by atoms with E-state index < -0.39 is 22.8 Å². The van der Waals surface area contributed by atoms with E-state index in [1.54, 1.807) is 0 Å². The van der Waals surface area contributed by atoms with Crippen LogP contribution in [-0.2, 0) is 12.7 Å². The maximum absolute atomic E-state index is 12.6. The fourth-order valence-corrected chi connectivity index (χ4v) is 2.34. The molecule has 0 saturated carbocycles. The van der Waals surface area contributed by atoms with Crippen LogP contribution in [0, 0.1) is 24.0 Å². The number of nitro groups is 1. The van der Waals surface area contributed by atoms with Gasteiger partial charge in [-0.05, 0) is 32.0 Å². The molecule has 0 fully saturated rings. The number of aryl methyl sites for hydroxylation is 1. The summed E-state index contributed by atoms with van der Waals surface area (Å²) in [6.07, 6.45) is -5.59. The highest BCUT2D eigenvalue weighted by molar-refractivity contribution is 5.39. The molecule has 2 aromatic rings. The van der Waals surface area contributed by atoms with Gasteiger partial charge in [-0.15, -0.1) is 0 Å². The molecule has 1 aromatic carbocycles. The zero-order valence-corrected chi connectivity index (χ0v) is 13.4. The summed E-state index contributed by atoms with van der Waals surface area (Å²) in [5.74, 6) is -0.0341. The maximum Gasteiger partial charge on any atom is 0.416 e. The minimum Gasteiger partial charge on any atom is -0.491 e. The van der Waals surface area contributed by atoms with Crippen molar-refractivity contribution < 1.29 is 27.9 Å². The Hall–Kier alpha value is -2.62. The number of hydrogen-bond acceptors (Lipinski definition) is 5. The van der Waals surface area contributed by atoms with Gasteiger partial charge in [0, 0.05) is 0 Å². The van der Waals surface area contributed by atoms with Crippen molar-refractivity contribution in [2.45, 2.75) is 32.7 Å². The number of hydrogen-bond donors (Lipinski definition) is 1. The fraction of sp³-hybridized carbons (Fsp3) is 0.400. The summed E-state index contributed by atoms with van der Waals surface area (Å²) < 4.78 is 44.3. The molecule has 0 saturated heterocycles. The van der Waals surface area contributed by atoms with Crippen molar-refractivity contribution in [3.63, 3.8) is 0 Å². The van der Waals surface area contributed by atoms with Gasteiger partial charge in [-0.1, -0.05) is 6.07 Å². The Labute approximate surface area is 140 Å². The highest BCUT2D eigenvalue weighted by Gasteiger charge is 2.30. The monoisotopic (exact) mass is 359 g/mol. The molecule has 25 heavy (non-hydrogen) atoms. The molecular formula is C15H16F3N3O4. The van der Waals surface area contributed by atoms with Gasteiger partial charge in [0.25, 0.3) is 0 Å². The summed E-state index contributed by atoms with van der Waals surface area (Å²) >= 11 is 0. The molecular weight excluding hydrogens is 343 g/mol. The molecule has 2 rings (SSSR count). The normalized spacial score (nSPS) is 12.9. The second-order valence-corrected chi connectivity index (χ2v) is 5.45. The first-order valence-electron chi connectivity index (χ1n) is 7.26. The predicted molar refractivity (Wildman–Crippen MR) is 81.3 cm³/mol. The minimum atomic E-state index is -4.49. The SMILES string of the molecule is Cc1nn(C[C@H](O)COc2cccc(C(F)(F)F)c2)c(C)c1[N+](=O)[O-]. The van der Waals surface area contributed by atoms with Crippen LogP contribution in [0.25, 0.3) is 0 Å². The lowest BCUT2D eigenvalue weighted by atomic mass is 10.2. The van der Waals surface area contributed by atoms with Crippen molar-refractivity contribution in [3.05, 3.63) is 51.3 Å². The molecule has 10 heteroatoms. The molecule has 0 unspecified atom stereocenters. The Kier molecular flexibility index (Phi) is 5.31. The third kappa shape index (κ3) is 4.47. The Bertz CT molecular complexity index is 774. The summed E-state index contributed by atoms with van der Waals surface area (Å²) in [4.78, 5) is 10.4. The number of halogens is 3. The second-order valence-electron chi connectivity index (χ2n) is 5.45. The van der Waals surface area contributed by atoms with Crippen molar-refractivity contribution in [1.82, 2.24) is 9.78 Å². The molecule has 1 atom stereocenters. The lowest BCUT2D eigenvalue weighted by Crippen LogP contribution is -2.25. The van der Waals surface area contributed by atoms with Crippen molar-refractivity contribution in [2.24, 2.45) is 0 Å². The van der Waals surface area contributed by atoms with Gasteiger partial charge in [-0.3, -0.25) is 14.8 Å². The largest absolute Gasteiger partial charge is 0.491 e. The predicted octanol–water partition coefficient (Wildman–Crippen LogP) is 2.87. The fourth-order valence-electron chi connectivity index (χ4n) is 2.34. The zero-order chi connectivity index (χ0) is 18.8. The molecule has 0 bridgehead atoms. The summed E-state index contributed by atoms with van der Waals surface area (Å²) in [5.41, 5.74) is -0.492. The smallest absolute Gasteiger partial charge is 0.416 e. The van der Waals surface area contributed by atoms with E-state index in [0.717, 1.165) is 12.1 Å². The first kappa shape index (κ1) is 18.7. The van der Waals surface area contributed by atoms with Crippen LogP contribution in [0.1, 0.15) is 17.0 Å². The van der Waals surface area contributed by atoms with E-state index >= 15 is 0 Å². The quantitative estimate of drug-likeness (QED) is 0.633. The molecule has 1 heterocycles. The maximum atomic E-state index is 12.6. The number of rotatable bonds is 6. The number of benzene rings is 1. The Balaban J connectivity index is 2.01. The van der Waals surface area contributed by atoms with Gasteiger partial charge in [0.05, 0.1) is 17.0 Å². The number of nitrogens with zero attached hydrogens (tertiary/aromatic N) is 3. The van der Waals surface area contributed by atoms with Gasteiger partial charge in [0.15, 0.2) is 0 Å². The number of alkyl halides is 3. The number of aromatic nitrogens is 2. The molecule has 0 radical (unpaired) electrons. The summed E-state index contributed by atoms with van der Waals surface area (Å²) in [5, 5.41) is 24.9. The van der Waals surface area contributed by atoms with Crippen molar-refractivity contribution in [3.8, 4) is 5.75 Å². The van der Waals surface area contributed by atoms with Gasteiger partial charge in [0.1, 0.15) is 29.8 Å². The van der Waals surface area contributed by atoms with E-state index in [1.165, 1.54) is 30.7 Å². The highest BCUT2D eigenvalue weighted by atomic mass is 19.4. The van der Waals surface area contributed by atoms with Gasteiger partial charge in [0.2, 0.25) is 0 Å². The molecule has 136 valence electrons. The molecule has 0 amide bonds. The number of aliphatic hydroxyl groups excluding tert-OH is 1. The van der Waals surface area contributed by atoms with Crippen LogP contribution in [0.4, 0.5) is 18.9 Å². The van der Waals surface area contributed by atoms with Crippen LogP contribution in [0.15, 0.2) is 24.3 Å². The van der Waals surface area contributed by atoms with E-state index in [0.29, 0.717) is 0 Å². The van der Waals surface area contributed by atoms with Crippen molar-refractivity contribution in [1.29, 1.82) is 0 Å². The number of ether oxygens (including phenoxy) is 1. The lowest BCUT2D eigenvalue weighted by Gasteiger charge is -2.14. The van der Waals surface area contributed by atoms with Gasteiger partial charge in [-0.25, -0.2) is 0 Å². The van der Waals surface area contributed by atoms with Crippen LogP contribution in [0.5, 0.6) is 5.75 Å². The third-order valence-corrected chi connectivity index (χ3v) is 3.51. The van der Waals surface area contributed by atoms with Gasteiger partial charge >= 0.3 is 11.9 Å². The van der Waals surface area contributed by atoms with Crippen LogP contribution < -0.4 is 4.74 Å². The topological polar surface area (TPSA) is 90.4 Å². The number of aliphatic hydroxyl groups is 1. The Morgan fingerprint density at radius 2 is 2.08 bits per heavy atom. The van der Waals surface area contributed by atoms with Crippen LogP contribution in [0.3, 0.4) is 0 Å². The van der Waals surface area contributed by atoms with E-state index in [-0.39, 0.29) is 36.0 Å². The standard InChI is InChI=1S/C15H16F3N3O4/c1-9-14(21(23)24)10(2)20(19-9)7-12(22)8-25-13-5-3-4-11(6-13)15(16,17)18/h3-6,12,22H,7-8H2,1-2H3/t12-/m0/s1. The summed E-state index contributed by atoms with van der Waals surface area (Å²) in [6.45, 7) is 2.61. The average Bonchev–Trinajstić information content (AvgIpc) is 2.78. The van der Waals surface area contributed by atoms with Crippen LogP contribution in [0.2, 0.25) is 0 Å². The van der Waals surface area contributed by atoms with Crippen LogP contribution in [-0.4, -0.2) is 32.5 Å². The first-order valence-corrected chi connectivity index (χ1v) is 7.26. The third-order valence-electron chi connectivity index (χ3n) is 3.51. The molecule has 0 aliphatic rings. The van der Waals surface area contributed by atoms with E-state index in [9.17, 15) is 28.4 Å². The summed E-state index contributed by atoms with van der Waals surface area (Å²) in [7, 11) is 0. The van der Waals surface area contributed by atoms with Crippen LogP contribution >= 0.6 is 0 Å². The Morgan fingerprint density at radius 1 is 1.40 bits per heavy atom. The van der Waals surface area contributed by atoms with Crippen molar-refractivity contribution >= 4 is 5.69 Å². The zero-order valence-electron chi connectivity index (χ0n) is 13.4. The molecule has 0 aliphatic carbocycles. The van der Waals surface area contributed by atoms with Gasteiger partial charge in [-0.2, -0.15) is 18.3 Å². The Morgan fingerprint density at radius 3 is 2.64 bits per heavy atom. The summed E-state index contributed by atoms with van der Waals surface area (Å²) in [6, 6.07) is 4.30. The highest BCUT2D eigenvalue weighted by Crippen LogP contribution is 2.31. The first-order chi connectivity index (χ1) is 11.6. The van der Waals surface area contributed by atoms with E-state index in [4.69, 9.17) is 4.74 Å². The average molecular weight is 359 g/mol. The van der Waals surface area contributed by atoms with Crippen molar-refractivity contribution in [2.75, 3.05) is 6.61 Å². The van der Waals surface area contributed by atoms with E-state index in [1.807, 2.05) is 0 Å². The molecule has 1 N–H and O–H groups in total. The molecule has 0 aliphatic heterocycles. The minimum absolute atomic E-state index is 0.0341. The lowest BCUT2D eigenvalue weighted by molar-refractivity contribution is -0.386. The molecule has 0 spiro atoms. The van der Waals surface area contributed by atoms with E-state index in [2.05, 4.69) is 5.10 Å². The molecule has 7 nitrogen and oxygen atoms in total. The molecule has 1 aromatic heterocycles. The van der Waals surface area contributed by atoms with Gasteiger partial charge < -0.3 is 9.84 Å². The second kappa shape index (κ2) is 7.09.